The highest BCUT2D eigenvalue weighted by Gasteiger charge is 2.12. The van der Waals surface area contributed by atoms with E-state index in [4.69, 9.17) is 10.6 Å². The first-order valence-electron chi connectivity index (χ1n) is 7.35. The molecule has 0 spiro atoms. The molecule has 21 heavy (non-hydrogen) atoms. The van der Waals surface area contributed by atoms with E-state index in [2.05, 4.69) is 42.0 Å². The van der Waals surface area contributed by atoms with Gasteiger partial charge in [-0.2, -0.15) is 0 Å². The van der Waals surface area contributed by atoms with Crippen LogP contribution in [0.3, 0.4) is 0 Å². The highest BCUT2D eigenvalue weighted by Crippen LogP contribution is 2.22. The lowest BCUT2D eigenvalue weighted by molar-refractivity contribution is 0.402. The van der Waals surface area contributed by atoms with Gasteiger partial charge in [0.25, 0.3) is 0 Å². The van der Waals surface area contributed by atoms with Crippen molar-refractivity contribution < 1.29 is 4.74 Å². The second-order valence-corrected chi connectivity index (χ2v) is 6.39. The van der Waals surface area contributed by atoms with Crippen LogP contribution in [0, 0.1) is 6.92 Å². The molecule has 1 unspecified atom stereocenters. The molecule has 4 heteroatoms. The summed E-state index contributed by atoms with van der Waals surface area (Å²) in [5.41, 5.74) is 5.42. The average Bonchev–Trinajstić information content (AvgIpc) is 2.99. The summed E-state index contributed by atoms with van der Waals surface area (Å²) in [5.74, 6) is 6.67. The van der Waals surface area contributed by atoms with E-state index < -0.39 is 0 Å². The summed E-state index contributed by atoms with van der Waals surface area (Å²) in [7, 11) is 1.72. The van der Waals surface area contributed by atoms with Crippen LogP contribution in [0.2, 0.25) is 0 Å². The number of aryl methyl sites for hydroxylation is 2. The third kappa shape index (κ3) is 4.84. The van der Waals surface area contributed by atoms with Gasteiger partial charge in [-0.05, 0) is 55.7 Å². The van der Waals surface area contributed by atoms with E-state index in [0.29, 0.717) is 0 Å². The number of rotatable bonds is 8. The lowest BCUT2D eigenvalue weighted by Gasteiger charge is -2.18. The number of nitrogens with two attached hydrogens (primary N) is 1. The van der Waals surface area contributed by atoms with Gasteiger partial charge in [-0.3, -0.25) is 11.3 Å². The molecule has 1 aromatic heterocycles. The second kappa shape index (κ2) is 8.17. The van der Waals surface area contributed by atoms with Gasteiger partial charge in [0.2, 0.25) is 0 Å². The Kier molecular flexibility index (Phi) is 6.23. The largest absolute Gasteiger partial charge is 0.496 e. The van der Waals surface area contributed by atoms with Crippen LogP contribution in [0.5, 0.6) is 5.75 Å². The molecule has 0 aliphatic carbocycles. The molecular weight excluding hydrogens is 280 g/mol. The molecule has 2 aromatic rings. The molecule has 1 atom stereocenters. The van der Waals surface area contributed by atoms with Crippen molar-refractivity contribution in [1.29, 1.82) is 0 Å². The summed E-state index contributed by atoms with van der Waals surface area (Å²) in [4.78, 5) is 1.44. The van der Waals surface area contributed by atoms with Crippen LogP contribution in [0.1, 0.15) is 28.8 Å². The van der Waals surface area contributed by atoms with E-state index >= 15 is 0 Å². The van der Waals surface area contributed by atoms with E-state index in [1.54, 1.807) is 7.11 Å². The van der Waals surface area contributed by atoms with E-state index in [1.165, 1.54) is 16.0 Å². The van der Waals surface area contributed by atoms with Crippen molar-refractivity contribution in [3.63, 3.8) is 0 Å². The fourth-order valence-electron chi connectivity index (χ4n) is 2.55. The maximum atomic E-state index is 5.72. The van der Waals surface area contributed by atoms with Gasteiger partial charge in [-0.15, -0.1) is 11.3 Å². The SMILES string of the molecule is COc1ccc(C)cc1CC(CCCc1cccs1)NN. The predicted octanol–water partition coefficient (Wildman–Crippen LogP) is 3.46. The van der Waals surface area contributed by atoms with Crippen LogP contribution in [-0.2, 0) is 12.8 Å². The first kappa shape index (κ1) is 16.0. The summed E-state index contributed by atoms with van der Waals surface area (Å²) in [6, 6.07) is 10.9. The highest BCUT2D eigenvalue weighted by atomic mass is 32.1. The van der Waals surface area contributed by atoms with Gasteiger partial charge < -0.3 is 4.74 Å². The average molecular weight is 304 g/mol. The van der Waals surface area contributed by atoms with Gasteiger partial charge in [0.05, 0.1) is 7.11 Å². The number of nitrogens with one attached hydrogen (secondary N) is 1. The van der Waals surface area contributed by atoms with Crippen molar-refractivity contribution in [2.24, 2.45) is 5.84 Å². The number of benzene rings is 1. The second-order valence-electron chi connectivity index (χ2n) is 5.35. The molecule has 3 nitrogen and oxygen atoms in total. The molecule has 0 fully saturated rings. The Morgan fingerprint density at radius 1 is 1.33 bits per heavy atom. The summed E-state index contributed by atoms with van der Waals surface area (Å²) in [6.07, 6.45) is 4.22. The number of hydrazine groups is 1. The first-order valence-corrected chi connectivity index (χ1v) is 8.23. The minimum atomic E-state index is 0.278. The Bertz CT molecular complexity index is 540. The van der Waals surface area contributed by atoms with Gasteiger partial charge >= 0.3 is 0 Å². The number of methoxy groups -OCH3 is 1. The fraction of sp³-hybridized carbons (Fsp3) is 0.412. The lowest BCUT2D eigenvalue weighted by atomic mass is 9.99. The fourth-order valence-corrected chi connectivity index (χ4v) is 3.31. The van der Waals surface area contributed by atoms with Gasteiger partial charge in [0, 0.05) is 10.9 Å². The standard InChI is InChI=1S/C17H24N2OS/c1-13-8-9-17(20-2)14(11-13)12-15(19-18)5-3-6-16-7-4-10-21-16/h4,7-11,15,19H,3,5-6,12,18H2,1-2H3. The van der Waals surface area contributed by atoms with E-state index in [0.717, 1.165) is 31.4 Å². The Morgan fingerprint density at radius 3 is 2.86 bits per heavy atom. The number of thiophene rings is 1. The van der Waals surface area contributed by atoms with Crippen LogP contribution < -0.4 is 16.0 Å². The molecule has 1 aromatic carbocycles. The molecule has 1 heterocycles. The molecule has 0 aliphatic rings. The Labute approximate surface area is 131 Å². The molecule has 0 saturated carbocycles. The van der Waals surface area contributed by atoms with Crippen molar-refractivity contribution >= 4 is 11.3 Å². The van der Waals surface area contributed by atoms with Crippen molar-refractivity contribution in [3.8, 4) is 5.75 Å². The number of hydrogen-bond donors (Lipinski definition) is 2. The molecule has 0 aliphatic heterocycles. The van der Waals surface area contributed by atoms with Crippen LogP contribution in [0.25, 0.3) is 0 Å². The van der Waals surface area contributed by atoms with Gasteiger partial charge in [-0.25, -0.2) is 0 Å². The minimum Gasteiger partial charge on any atom is -0.496 e. The Morgan fingerprint density at radius 2 is 2.19 bits per heavy atom. The Balaban J connectivity index is 1.90. The predicted molar refractivity (Wildman–Crippen MR) is 89.8 cm³/mol. The molecule has 0 amide bonds. The molecule has 2 rings (SSSR count). The monoisotopic (exact) mass is 304 g/mol. The van der Waals surface area contributed by atoms with Crippen molar-refractivity contribution in [2.75, 3.05) is 7.11 Å². The number of hydrogen-bond acceptors (Lipinski definition) is 4. The van der Waals surface area contributed by atoms with Gasteiger partial charge in [0.1, 0.15) is 5.75 Å². The van der Waals surface area contributed by atoms with Crippen molar-refractivity contribution in [1.82, 2.24) is 5.43 Å². The first-order chi connectivity index (χ1) is 10.2. The van der Waals surface area contributed by atoms with Crippen molar-refractivity contribution in [3.05, 3.63) is 51.7 Å². The summed E-state index contributed by atoms with van der Waals surface area (Å²) in [6.45, 7) is 2.10. The minimum absolute atomic E-state index is 0.278. The maximum Gasteiger partial charge on any atom is 0.122 e. The van der Waals surface area contributed by atoms with Crippen LogP contribution in [0.15, 0.2) is 35.7 Å². The smallest absolute Gasteiger partial charge is 0.122 e. The zero-order chi connectivity index (χ0) is 15.1. The molecule has 0 saturated heterocycles. The summed E-state index contributed by atoms with van der Waals surface area (Å²) < 4.78 is 5.44. The summed E-state index contributed by atoms with van der Waals surface area (Å²) >= 11 is 1.82. The van der Waals surface area contributed by atoms with Crippen molar-refractivity contribution in [2.45, 2.75) is 38.6 Å². The van der Waals surface area contributed by atoms with Crippen LogP contribution in [-0.4, -0.2) is 13.2 Å². The molecular formula is C17H24N2OS. The van der Waals surface area contributed by atoms with Crippen LogP contribution in [0.4, 0.5) is 0 Å². The lowest BCUT2D eigenvalue weighted by Crippen LogP contribution is -2.36. The number of ether oxygens (including phenoxy) is 1. The quantitative estimate of drug-likeness (QED) is 0.580. The topological polar surface area (TPSA) is 47.3 Å². The Hall–Kier alpha value is -1.36. The van der Waals surface area contributed by atoms with Gasteiger partial charge in [-0.1, -0.05) is 23.8 Å². The zero-order valence-corrected chi connectivity index (χ0v) is 13.6. The summed E-state index contributed by atoms with van der Waals surface area (Å²) in [5, 5.41) is 2.13. The third-order valence-electron chi connectivity index (χ3n) is 3.69. The van der Waals surface area contributed by atoms with E-state index in [1.807, 2.05) is 17.4 Å². The highest BCUT2D eigenvalue weighted by molar-refractivity contribution is 7.09. The maximum absolute atomic E-state index is 5.72. The third-order valence-corrected chi connectivity index (χ3v) is 4.63. The normalized spacial score (nSPS) is 12.3. The molecule has 114 valence electrons. The van der Waals surface area contributed by atoms with Gasteiger partial charge in [0.15, 0.2) is 0 Å². The van der Waals surface area contributed by atoms with E-state index in [-0.39, 0.29) is 6.04 Å². The molecule has 0 bridgehead atoms. The molecule has 0 radical (unpaired) electrons. The van der Waals surface area contributed by atoms with Crippen LogP contribution >= 0.6 is 11.3 Å². The van der Waals surface area contributed by atoms with E-state index in [9.17, 15) is 0 Å². The molecule has 3 N–H and O–H groups in total. The zero-order valence-electron chi connectivity index (χ0n) is 12.8.